The van der Waals surface area contributed by atoms with Crippen molar-refractivity contribution in [2.45, 2.75) is 13.5 Å². The zero-order valence-corrected chi connectivity index (χ0v) is 12.8. The Morgan fingerprint density at radius 3 is 2.90 bits per heavy atom. The molecule has 0 bridgehead atoms. The molecule has 0 amide bonds. The number of nitrogens with one attached hydrogen (secondary N) is 1. The van der Waals surface area contributed by atoms with Crippen molar-refractivity contribution < 1.29 is 4.74 Å². The summed E-state index contributed by atoms with van der Waals surface area (Å²) in [6, 6.07) is 11.9. The summed E-state index contributed by atoms with van der Waals surface area (Å²) >= 11 is 1.66. The number of aromatic nitrogens is 1. The van der Waals surface area contributed by atoms with Crippen LogP contribution in [0.3, 0.4) is 0 Å². The highest BCUT2D eigenvalue weighted by atomic mass is 32.1. The molecule has 3 rings (SSSR count). The number of benzene rings is 2. The van der Waals surface area contributed by atoms with Gasteiger partial charge in [0.05, 0.1) is 33.7 Å². The summed E-state index contributed by atoms with van der Waals surface area (Å²) in [6.45, 7) is 2.66. The van der Waals surface area contributed by atoms with E-state index in [-0.39, 0.29) is 0 Å². The Morgan fingerprint density at radius 1 is 1.29 bits per heavy atom. The number of hydrogen-bond donors (Lipinski definition) is 2. The van der Waals surface area contributed by atoms with Crippen molar-refractivity contribution in [3.05, 3.63) is 47.0 Å². The van der Waals surface area contributed by atoms with Gasteiger partial charge in [0.25, 0.3) is 0 Å². The molecule has 0 aliphatic rings. The molecule has 0 unspecified atom stereocenters. The third-order valence-electron chi connectivity index (χ3n) is 3.33. The third kappa shape index (κ3) is 2.78. The Balaban J connectivity index is 1.86. The predicted molar refractivity (Wildman–Crippen MR) is 89.1 cm³/mol. The van der Waals surface area contributed by atoms with E-state index in [0.29, 0.717) is 6.54 Å². The van der Waals surface area contributed by atoms with Crippen LogP contribution < -0.4 is 15.8 Å². The number of nitrogen functional groups attached to an aromatic ring is 1. The highest BCUT2D eigenvalue weighted by Gasteiger charge is 2.07. The number of aryl methyl sites for hydroxylation is 1. The summed E-state index contributed by atoms with van der Waals surface area (Å²) in [5.74, 6) is 0.870. The SMILES string of the molecule is COc1ccccc1CNc1cc2nc(C)sc2cc1N. The molecule has 0 aliphatic heterocycles. The lowest BCUT2D eigenvalue weighted by atomic mass is 10.2. The molecule has 0 fully saturated rings. The van der Waals surface area contributed by atoms with Crippen LogP contribution in [0.5, 0.6) is 5.75 Å². The van der Waals surface area contributed by atoms with E-state index in [1.165, 1.54) is 0 Å². The second kappa shape index (κ2) is 5.61. The number of anilines is 2. The molecule has 0 atom stereocenters. The smallest absolute Gasteiger partial charge is 0.123 e. The summed E-state index contributed by atoms with van der Waals surface area (Å²) in [5, 5.41) is 4.41. The largest absolute Gasteiger partial charge is 0.496 e. The van der Waals surface area contributed by atoms with E-state index in [1.807, 2.05) is 43.3 Å². The molecule has 0 spiro atoms. The lowest BCUT2D eigenvalue weighted by Gasteiger charge is -2.12. The normalized spacial score (nSPS) is 10.8. The average molecular weight is 299 g/mol. The maximum Gasteiger partial charge on any atom is 0.123 e. The highest BCUT2D eigenvalue weighted by Crippen LogP contribution is 2.30. The van der Waals surface area contributed by atoms with E-state index in [0.717, 1.165) is 37.9 Å². The molecule has 1 heterocycles. The Morgan fingerprint density at radius 2 is 2.10 bits per heavy atom. The molecule has 0 aliphatic carbocycles. The maximum atomic E-state index is 6.12. The van der Waals surface area contributed by atoms with Gasteiger partial charge in [-0.1, -0.05) is 18.2 Å². The van der Waals surface area contributed by atoms with Crippen LogP contribution in [0.1, 0.15) is 10.6 Å². The van der Waals surface area contributed by atoms with Crippen molar-refractivity contribution in [1.29, 1.82) is 0 Å². The number of methoxy groups -OCH3 is 1. The minimum atomic E-state index is 0.656. The van der Waals surface area contributed by atoms with Crippen molar-refractivity contribution in [3.8, 4) is 5.75 Å². The van der Waals surface area contributed by atoms with Gasteiger partial charge in [-0.2, -0.15) is 0 Å². The predicted octanol–water partition coefficient (Wildman–Crippen LogP) is 3.81. The fourth-order valence-electron chi connectivity index (χ4n) is 2.30. The Hall–Kier alpha value is -2.27. The first-order valence-electron chi connectivity index (χ1n) is 6.70. The minimum absolute atomic E-state index is 0.656. The van der Waals surface area contributed by atoms with Crippen LogP contribution in [0.25, 0.3) is 10.2 Å². The molecule has 0 saturated carbocycles. The number of para-hydroxylation sites is 1. The van der Waals surface area contributed by atoms with Crippen LogP contribution in [0.4, 0.5) is 11.4 Å². The van der Waals surface area contributed by atoms with Gasteiger partial charge in [0.2, 0.25) is 0 Å². The fourth-order valence-corrected chi connectivity index (χ4v) is 3.15. The number of ether oxygens (including phenoxy) is 1. The van der Waals surface area contributed by atoms with Gasteiger partial charge in [0.15, 0.2) is 0 Å². The Bertz CT molecular complexity index is 782. The zero-order valence-electron chi connectivity index (χ0n) is 12.0. The Kier molecular flexibility index (Phi) is 3.66. The molecule has 1 aromatic heterocycles. The number of thiazole rings is 1. The van der Waals surface area contributed by atoms with Gasteiger partial charge in [0.1, 0.15) is 5.75 Å². The molecule has 2 aromatic carbocycles. The average Bonchev–Trinajstić information content (AvgIpc) is 2.84. The molecular formula is C16H17N3OS. The quantitative estimate of drug-likeness (QED) is 0.719. The number of hydrogen-bond acceptors (Lipinski definition) is 5. The first-order chi connectivity index (χ1) is 10.2. The number of nitrogens with two attached hydrogens (primary N) is 1. The zero-order chi connectivity index (χ0) is 14.8. The summed E-state index contributed by atoms with van der Waals surface area (Å²) in [4.78, 5) is 4.50. The number of nitrogens with zero attached hydrogens (tertiary/aromatic N) is 1. The molecule has 5 heteroatoms. The van der Waals surface area contributed by atoms with Gasteiger partial charge in [0, 0.05) is 12.1 Å². The monoisotopic (exact) mass is 299 g/mol. The van der Waals surface area contributed by atoms with Gasteiger partial charge >= 0.3 is 0 Å². The van der Waals surface area contributed by atoms with Gasteiger partial charge < -0.3 is 15.8 Å². The first kappa shape index (κ1) is 13.7. The first-order valence-corrected chi connectivity index (χ1v) is 7.51. The molecule has 3 N–H and O–H groups in total. The molecular weight excluding hydrogens is 282 g/mol. The van der Waals surface area contributed by atoms with Gasteiger partial charge in [-0.15, -0.1) is 11.3 Å². The van der Waals surface area contributed by atoms with Crippen LogP contribution in [0.2, 0.25) is 0 Å². The Labute approximate surface area is 127 Å². The molecule has 0 saturated heterocycles. The summed E-state index contributed by atoms with van der Waals surface area (Å²) < 4.78 is 6.47. The minimum Gasteiger partial charge on any atom is -0.496 e. The molecule has 108 valence electrons. The van der Waals surface area contributed by atoms with Crippen molar-refractivity contribution in [2.24, 2.45) is 0 Å². The third-order valence-corrected chi connectivity index (χ3v) is 4.26. The number of rotatable bonds is 4. The van der Waals surface area contributed by atoms with Gasteiger partial charge in [-0.25, -0.2) is 4.98 Å². The lowest BCUT2D eigenvalue weighted by molar-refractivity contribution is 0.410. The standard InChI is InChI=1S/C16H17N3OS/c1-10-19-14-8-13(12(17)7-16(14)21-10)18-9-11-5-3-4-6-15(11)20-2/h3-8,18H,9,17H2,1-2H3. The van der Waals surface area contributed by atoms with Crippen LogP contribution >= 0.6 is 11.3 Å². The number of fused-ring (bicyclic) bond motifs is 1. The van der Waals surface area contributed by atoms with E-state index >= 15 is 0 Å². The summed E-state index contributed by atoms with van der Waals surface area (Å²) in [6.07, 6.45) is 0. The van der Waals surface area contributed by atoms with E-state index in [1.54, 1.807) is 18.4 Å². The molecule has 4 nitrogen and oxygen atoms in total. The van der Waals surface area contributed by atoms with Gasteiger partial charge in [-0.05, 0) is 25.1 Å². The van der Waals surface area contributed by atoms with Gasteiger partial charge in [-0.3, -0.25) is 0 Å². The summed E-state index contributed by atoms with van der Waals surface area (Å²) in [7, 11) is 1.68. The van der Waals surface area contributed by atoms with Crippen LogP contribution in [0.15, 0.2) is 36.4 Å². The second-order valence-corrected chi connectivity index (χ2v) is 6.04. The highest BCUT2D eigenvalue weighted by molar-refractivity contribution is 7.18. The van der Waals surface area contributed by atoms with E-state index in [4.69, 9.17) is 10.5 Å². The molecule has 21 heavy (non-hydrogen) atoms. The van der Waals surface area contributed by atoms with E-state index < -0.39 is 0 Å². The lowest BCUT2D eigenvalue weighted by Crippen LogP contribution is -2.03. The summed E-state index contributed by atoms with van der Waals surface area (Å²) in [5.41, 5.74) is 9.83. The van der Waals surface area contributed by atoms with Crippen LogP contribution in [0, 0.1) is 6.92 Å². The van der Waals surface area contributed by atoms with Crippen molar-refractivity contribution in [1.82, 2.24) is 4.98 Å². The van der Waals surface area contributed by atoms with Crippen molar-refractivity contribution >= 4 is 32.9 Å². The molecule has 3 aromatic rings. The van der Waals surface area contributed by atoms with E-state index in [9.17, 15) is 0 Å². The van der Waals surface area contributed by atoms with Crippen molar-refractivity contribution in [3.63, 3.8) is 0 Å². The van der Waals surface area contributed by atoms with Crippen LogP contribution in [-0.2, 0) is 6.54 Å². The van der Waals surface area contributed by atoms with Crippen molar-refractivity contribution in [2.75, 3.05) is 18.2 Å². The van der Waals surface area contributed by atoms with Crippen LogP contribution in [-0.4, -0.2) is 12.1 Å². The fraction of sp³-hybridized carbons (Fsp3) is 0.188. The second-order valence-electron chi connectivity index (χ2n) is 4.81. The molecule has 0 radical (unpaired) electrons. The van der Waals surface area contributed by atoms with E-state index in [2.05, 4.69) is 10.3 Å². The topological polar surface area (TPSA) is 60.2 Å². The maximum absolute atomic E-state index is 6.12.